The molecular formula is C45H38N14O16S4. The molecule has 1 aromatic heterocycles. The summed E-state index contributed by atoms with van der Waals surface area (Å²) in [6, 6.07) is 29.1. The normalized spacial score (nSPS) is 12.0. The van der Waals surface area contributed by atoms with Crippen LogP contribution < -0.4 is 15.5 Å². The maximum absolute atomic E-state index is 12.4. The maximum Gasteiger partial charge on any atom is 0.323 e. The van der Waals surface area contributed by atoms with Gasteiger partial charge in [-0.05, 0) is 146 Å². The minimum absolute atomic E-state index is 0.0611. The molecule has 0 aliphatic heterocycles. The lowest BCUT2D eigenvalue weighted by Crippen LogP contribution is -2.36. The molecule has 0 atom stereocenters. The van der Waals surface area contributed by atoms with Crippen LogP contribution in [-0.2, 0) is 48.6 Å². The van der Waals surface area contributed by atoms with E-state index < -0.39 is 50.2 Å². The summed E-state index contributed by atoms with van der Waals surface area (Å²) in [5, 5.41) is 82.9. The summed E-state index contributed by atoms with van der Waals surface area (Å²) in [7, 11) is -9.23. The van der Waals surface area contributed by atoms with Gasteiger partial charge in [0.1, 0.15) is 29.4 Å². The molecule has 0 fully saturated rings. The SMILES string of the molecule is Cc1cc(Nc2nc(Nc3ccc(N=Nc4ccc(N=Nc5ccc(SOOO)cc5)cc4S(=O)(=O)O)c(C)c3)nc(N(CC(=O)O)CC(=O)O)n2)ccc1N=Nc1ccc(N=Nc2ccc(S(=O)(=O)O)cc2)cc1SOOO. The van der Waals surface area contributed by atoms with Crippen LogP contribution in [0, 0.1) is 13.8 Å². The zero-order chi connectivity index (χ0) is 56.7. The Morgan fingerprint density at radius 3 is 1.47 bits per heavy atom. The van der Waals surface area contributed by atoms with Crippen molar-refractivity contribution in [1.29, 1.82) is 0 Å². The van der Waals surface area contributed by atoms with Gasteiger partial charge in [0.15, 0.2) is 0 Å². The lowest BCUT2D eigenvalue weighted by molar-refractivity contribution is -0.432. The van der Waals surface area contributed by atoms with Crippen LogP contribution in [0.3, 0.4) is 0 Å². The molecule has 7 rings (SSSR count). The van der Waals surface area contributed by atoms with Crippen molar-refractivity contribution in [1.82, 2.24) is 15.0 Å². The van der Waals surface area contributed by atoms with E-state index in [-0.39, 0.29) is 56.1 Å². The molecule has 7 aromatic rings. The second-order valence-electron chi connectivity index (χ2n) is 15.7. The molecule has 6 aromatic carbocycles. The van der Waals surface area contributed by atoms with Crippen molar-refractivity contribution in [2.24, 2.45) is 40.9 Å². The van der Waals surface area contributed by atoms with Gasteiger partial charge in [-0.3, -0.25) is 18.7 Å². The smallest absolute Gasteiger partial charge is 0.323 e. The first-order valence-corrected chi connectivity index (χ1v) is 26.2. The third-order valence-corrected chi connectivity index (χ3v) is 13.0. The fourth-order valence-corrected chi connectivity index (χ4v) is 8.41. The van der Waals surface area contributed by atoms with Gasteiger partial charge in [-0.15, -0.1) is 18.9 Å². The molecule has 0 aliphatic carbocycles. The van der Waals surface area contributed by atoms with E-state index in [4.69, 9.17) is 10.5 Å². The molecule has 0 unspecified atom stereocenters. The number of anilines is 5. The predicted molar refractivity (Wildman–Crippen MR) is 280 cm³/mol. The van der Waals surface area contributed by atoms with Crippen molar-refractivity contribution in [3.8, 4) is 0 Å². The molecular weight excluding hydrogens is 1120 g/mol. The van der Waals surface area contributed by atoms with Crippen LogP contribution in [0.25, 0.3) is 0 Å². The highest BCUT2D eigenvalue weighted by Gasteiger charge is 2.21. The van der Waals surface area contributed by atoms with Crippen LogP contribution in [0.15, 0.2) is 182 Å². The number of aryl methyl sites for hydroxylation is 2. The third-order valence-electron chi connectivity index (χ3n) is 10.0. The van der Waals surface area contributed by atoms with E-state index in [2.05, 4.69) is 85.2 Å². The average Bonchev–Trinajstić information content (AvgIpc) is 3.40. The number of carbonyl (C=O) groups is 2. The fourth-order valence-electron chi connectivity index (χ4n) is 6.47. The van der Waals surface area contributed by atoms with Crippen molar-refractivity contribution >= 4 is 131 Å². The van der Waals surface area contributed by atoms with Gasteiger partial charge in [0.05, 0.1) is 68.0 Å². The molecule has 0 saturated carbocycles. The largest absolute Gasteiger partial charge is 0.480 e. The Kier molecular flexibility index (Phi) is 19.5. The second kappa shape index (κ2) is 26.6. The molecule has 34 heteroatoms. The molecule has 8 N–H and O–H groups in total. The van der Waals surface area contributed by atoms with Gasteiger partial charge >= 0.3 is 11.9 Å². The van der Waals surface area contributed by atoms with E-state index >= 15 is 0 Å². The lowest BCUT2D eigenvalue weighted by Gasteiger charge is -2.20. The highest BCUT2D eigenvalue weighted by Crippen LogP contribution is 2.37. The third kappa shape index (κ3) is 17.2. The maximum atomic E-state index is 12.4. The van der Waals surface area contributed by atoms with Gasteiger partial charge in [0.2, 0.25) is 17.8 Å². The predicted octanol–water partition coefficient (Wildman–Crippen LogP) is 12.0. The van der Waals surface area contributed by atoms with Crippen LogP contribution in [0.2, 0.25) is 0 Å². The van der Waals surface area contributed by atoms with Crippen LogP contribution >= 0.6 is 24.1 Å². The molecule has 79 heavy (non-hydrogen) atoms. The molecule has 0 radical (unpaired) electrons. The van der Waals surface area contributed by atoms with Crippen molar-refractivity contribution in [2.45, 2.75) is 33.4 Å². The van der Waals surface area contributed by atoms with E-state index in [1.54, 1.807) is 74.5 Å². The molecule has 0 spiro atoms. The highest BCUT2D eigenvalue weighted by molar-refractivity contribution is 7.95. The Morgan fingerprint density at radius 2 is 0.975 bits per heavy atom. The number of carboxylic acid groups (broad SMARTS) is 2. The first-order valence-electron chi connectivity index (χ1n) is 21.8. The van der Waals surface area contributed by atoms with Crippen LogP contribution in [0.5, 0.6) is 0 Å². The van der Waals surface area contributed by atoms with Crippen molar-refractivity contribution in [2.75, 3.05) is 28.6 Å². The Balaban J connectivity index is 1.09. The van der Waals surface area contributed by atoms with Gasteiger partial charge < -0.3 is 25.7 Å². The number of carboxylic acids is 2. The summed E-state index contributed by atoms with van der Waals surface area (Å²) in [5.41, 5.74) is 3.55. The molecule has 0 aliphatic rings. The first-order chi connectivity index (χ1) is 37.7. The van der Waals surface area contributed by atoms with E-state index in [1.807, 2.05) is 0 Å². The quantitative estimate of drug-likeness (QED) is 0.00866. The second-order valence-corrected chi connectivity index (χ2v) is 20.0. The number of nitrogens with zero attached hydrogens (tertiary/aromatic N) is 12. The number of benzene rings is 6. The van der Waals surface area contributed by atoms with E-state index in [0.29, 0.717) is 56.5 Å². The molecule has 0 saturated heterocycles. The van der Waals surface area contributed by atoms with Crippen LogP contribution in [-0.4, -0.2) is 86.6 Å². The summed E-state index contributed by atoms with van der Waals surface area (Å²) in [4.78, 5) is 37.6. The monoisotopic (exact) mass is 1160 g/mol. The number of rotatable bonds is 25. The number of azo groups is 4. The minimum Gasteiger partial charge on any atom is -0.480 e. The summed E-state index contributed by atoms with van der Waals surface area (Å²) in [5.74, 6) is -3.35. The summed E-state index contributed by atoms with van der Waals surface area (Å²) in [6.07, 6.45) is 0. The highest BCUT2D eigenvalue weighted by atomic mass is 32.2. The Hall–Kier alpha value is -8.65. The summed E-state index contributed by atoms with van der Waals surface area (Å²) >= 11 is 1.31. The number of hydrogen-bond donors (Lipinski definition) is 8. The van der Waals surface area contributed by atoms with Crippen LogP contribution in [0.4, 0.5) is 74.7 Å². The standard InChI is InChI=1S/C45H38N14O16S4/c1-25-19-29(7-15-35(25)55-57-37-17-9-31(21-39(37)77-75-73-65)53-52-28-5-13-34(14-6-28)78(66,67)68)46-43-48-44(50-45(49-43)59(23-41(60)61)24-42(62)63)47-30-8-16-36(26(2)20-30)56-58-38-18-10-32(22-40(38)79(69,70)71)54-51-27-3-11-33(12-4-27)76-74-72-64/h3-22,64-65H,23-24H2,1-2H3,(H,60,61)(H,62,63)(H,66,67,68)(H,69,70,71)(H2,46,47,48,49,50). The van der Waals surface area contributed by atoms with E-state index in [9.17, 15) is 45.7 Å². The van der Waals surface area contributed by atoms with Crippen molar-refractivity contribution in [3.05, 3.63) is 132 Å². The zero-order valence-corrected chi connectivity index (χ0v) is 43.5. The van der Waals surface area contributed by atoms with Gasteiger partial charge in [-0.2, -0.15) is 62.5 Å². The number of aromatic nitrogens is 3. The first kappa shape index (κ1) is 58.0. The summed E-state index contributed by atoms with van der Waals surface area (Å²) in [6.45, 7) is 1.79. The van der Waals surface area contributed by atoms with Crippen LogP contribution in [0.1, 0.15) is 11.1 Å². The number of nitrogens with one attached hydrogen (secondary N) is 2. The molecule has 408 valence electrons. The van der Waals surface area contributed by atoms with Crippen molar-refractivity contribution < 1.29 is 75.0 Å². The minimum atomic E-state index is -4.83. The Bertz CT molecular complexity index is 3710. The topological polar surface area (TPSA) is 426 Å². The van der Waals surface area contributed by atoms with E-state index in [0.717, 1.165) is 35.1 Å². The molecule has 1 heterocycles. The summed E-state index contributed by atoms with van der Waals surface area (Å²) < 4.78 is 75.8. The van der Waals surface area contributed by atoms with Gasteiger partial charge in [0, 0.05) is 16.3 Å². The Morgan fingerprint density at radius 1 is 0.532 bits per heavy atom. The molecule has 0 amide bonds. The average molecular weight is 1160 g/mol. The van der Waals surface area contributed by atoms with Gasteiger partial charge in [-0.25, -0.2) is 10.5 Å². The molecule has 30 nitrogen and oxygen atoms in total. The zero-order valence-electron chi connectivity index (χ0n) is 40.2. The number of aliphatic carboxylic acids is 2. The van der Waals surface area contributed by atoms with E-state index in [1.165, 1.54) is 42.5 Å². The Labute approximate surface area is 454 Å². The van der Waals surface area contributed by atoms with Crippen molar-refractivity contribution in [3.63, 3.8) is 0 Å². The lowest BCUT2D eigenvalue weighted by atomic mass is 10.2. The van der Waals surface area contributed by atoms with Gasteiger partial charge in [0.25, 0.3) is 20.2 Å². The number of hydrogen-bond acceptors (Lipinski definition) is 28. The molecule has 0 bridgehead atoms. The fraction of sp³-hybridized carbons (Fsp3) is 0.0889. The van der Waals surface area contributed by atoms with Gasteiger partial charge in [-0.1, -0.05) is 10.1 Å².